The molecule has 136 valence electrons. The zero-order valence-corrected chi connectivity index (χ0v) is 14.6. The smallest absolute Gasteiger partial charge is 0.386 e. The largest absolute Gasteiger partial charge is 0.478 e. The molecule has 8 heteroatoms. The molecule has 7 nitrogen and oxygen atoms in total. The summed E-state index contributed by atoms with van der Waals surface area (Å²) in [6.07, 6.45) is 1.49. The Kier molecular flexibility index (Phi) is 7.36. The Hall–Kier alpha value is -3.32. The highest BCUT2D eigenvalue weighted by molar-refractivity contribution is 5.95. The van der Waals surface area contributed by atoms with Gasteiger partial charge in [0.2, 0.25) is 0 Å². The number of carbonyl (C=O) groups is 2. The molecule has 0 fully saturated rings. The number of amidine groups is 1. The number of benzene rings is 2. The molecule has 0 aliphatic heterocycles. The van der Waals surface area contributed by atoms with E-state index in [2.05, 4.69) is 0 Å². The second-order valence-electron chi connectivity index (χ2n) is 5.15. The number of carbonyl (C=O) groups excluding carboxylic acids is 1. The number of hydrogen-bond donors (Lipinski definition) is 3. The van der Waals surface area contributed by atoms with Gasteiger partial charge in [0.25, 0.3) is 0 Å². The number of carboxylic acid groups (broad SMARTS) is 1. The van der Waals surface area contributed by atoms with E-state index in [-0.39, 0.29) is 35.1 Å². The van der Waals surface area contributed by atoms with Gasteiger partial charge in [-0.15, -0.1) is 12.4 Å². The average Bonchev–Trinajstić information content (AvgIpc) is 2.60. The Morgan fingerprint density at radius 1 is 1.04 bits per heavy atom. The fourth-order valence-electron chi connectivity index (χ4n) is 1.85. The topological polar surface area (TPSA) is 123 Å². The van der Waals surface area contributed by atoms with Crippen LogP contribution in [0, 0.1) is 5.41 Å². The third-order valence-electron chi connectivity index (χ3n) is 3.25. The molecule has 0 aliphatic rings. The van der Waals surface area contributed by atoms with Crippen molar-refractivity contribution in [2.75, 3.05) is 0 Å². The number of rotatable bonds is 6. The van der Waals surface area contributed by atoms with Gasteiger partial charge in [0.15, 0.2) is 5.75 Å². The summed E-state index contributed by atoms with van der Waals surface area (Å²) in [5.74, 6) is -1.49. The van der Waals surface area contributed by atoms with Gasteiger partial charge in [0, 0.05) is 11.1 Å². The molecule has 0 radical (unpaired) electrons. The van der Waals surface area contributed by atoms with Crippen LogP contribution in [0.15, 0.2) is 54.1 Å². The lowest BCUT2D eigenvalue weighted by Gasteiger charge is -2.05. The monoisotopic (exact) mass is 376 g/mol. The Morgan fingerprint density at radius 3 is 2.08 bits per heavy atom. The van der Waals surface area contributed by atoms with Crippen LogP contribution in [0.5, 0.6) is 5.75 Å². The summed E-state index contributed by atoms with van der Waals surface area (Å²) >= 11 is 0. The van der Waals surface area contributed by atoms with Gasteiger partial charge in [-0.1, -0.05) is 12.1 Å². The van der Waals surface area contributed by atoms with Gasteiger partial charge < -0.3 is 10.8 Å². The van der Waals surface area contributed by atoms with Crippen LogP contribution in [0.3, 0.4) is 0 Å². The van der Waals surface area contributed by atoms with Crippen molar-refractivity contribution in [2.24, 2.45) is 5.73 Å². The van der Waals surface area contributed by atoms with Gasteiger partial charge in [0.05, 0.1) is 5.56 Å². The van der Waals surface area contributed by atoms with Crippen molar-refractivity contribution in [3.63, 3.8) is 0 Å². The molecule has 2 aromatic rings. The standard InChI is InChI=1S/C18H16N2O5.ClH/c1-11(17(21)22)10-12-2-4-14(5-3-12)18(23)25-24-15-8-6-13(7-9-15)16(19)20;/h2-10H,1H3,(H3,19,20)(H,21,22);1H. The van der Waals surface area contributed by atoms with Crippen molar-refractivity contribution < 1.29 is 24.5 Å². The van der Waals surface area contributed by atoms with Crippen LogP contribution in [0.25, 0.3) is 6.08 Å². The second kappa shape index (κ2) is 9.24. The summed E-state index contributed by atoms with van der Waals surface area (Å²) in [7, 11) is 0. The van der Waals surface area contributed by atoms with Crippen molar-refractivity contribution in [3.05, 3.63) is 70.8 Å². The van der Waals surface area contributed by atoms with Gasteiger partial charge in [-0.3, -0.25) is 10.3 Å². The summed E-state index contributed by atoms with van der Waals surface area (Å²) in [6, 6.07) is 12.4. The lowest BCUT2D eigenvalue weighted by Crippen LogP contribution is -2.11. The third-order valence-corrected chi connectivity index (χ3v) is 3.25. The number of nitrogens with one attached hydrogen (secondary N) is 1. The molecule has 0 amide bonds. The maximum atomic E-state index is 11.9. The number of nitrogen functional groups attached to an aromatic ring is 1. The van der Waals surface area contributed by atoms with Crippen LogP contribution in [0.2, 0.25) is 0 Å². The van der Waals surface area contributed by atoms with Gasteiger partial charge in [-0.25, -0.2) is 14.5 Å². The van der Waals surface area contributed by atoms with Crippen molar-refractivity contribution >= 4 is 36.3 Å². The van der Waals surface area contributed by atoms with Crippen LogP contribution in [0.4, 0.5) is 0 Å². The van der Waals surface area contributed by atoms with Crippen LogP contribution in [-0.4, -0.2) is 22.9 Å². The van der Waals surface area contributed by atoms with Gasteiger partial charge >= 0.3 is 11.9 Å². The molecule has 4 N–H and O–H groups in total. The van der Waals surface area contributed by atoms with E-state index in [1.807, 2.05) is 0 Å². The number of carboxylic acids is 1. The molecule has 0 atom stereocenters. The molecule has 0 saturated heterocycles. The van der Waals surface area contributed by atoms with E-state index < -0.39 is 11.9 Å². The van der Waals surface area contributed by atoms with E-state index in [0.29, 0.717) is 11.1 Å². The summed E-state index contributed by atoms with van der Waals surface area (Å²) < 4.78 is 0. The zero-order valence-electron chi connectivity index (χ0n) is 13.8. The van der Waals surface area contributed by atoms with Crippen LogP contribution in [-0.2, 0) is 9.68 Å². The number of nitrogens with two attached hydrogens (primary N) is 1. The number of aliphatic carboxylic acids is 1. The van der Waals surface area contributed by atoms with E-state index in [4.69, 9.17) is 26.0 Å². The summed E-state index contributed by atoms with van der Waals surface area (Å²) in [5.41, 5.74) is 6.96. The minimum absolute atomic E-state index is 0. The summed E-state index contributed by atoms with van der Waals surface area (Å²) in [6.45, 7) is 1.48. The first kappa shape index (κ1) is 20.7. The van der Waals surface area contributed by atoms with Crippen LogP contribution in [0.1, 0.15) is 28.4 Å². The lowest BCUT2D eigenvalue weighted by atomic mass is 10.1. The fourth-order valence-corrected chi connectivity index (χ4v) is 1.85. The highest BCUT2D eigenvalue weighted by Crippen LogP contribution is 2.14. The molecule has 2 aromatic carbocycles. The molecule has 0 aliphatic carbocycles. The molecule has 0 spiro atoms. The fraction of sp³-hybridized carbons (Fsp3) is 0.0556. The van der Waals surface area contributed by atoms with Crippen molar-refractivity contribution in [1.29, 1.82) is 5.41 Å². The minimum atomic E-state index is -1.01. The van der Waals surface area contributed by atoms with E-state index in [1.165, 1.54) is 37.3 Å². The molecule has 0 bridgehead atoms. The van der Waals surface area contributed by atoms with Crippen LogP contribution < -0.4 is 10.6 Å². The Morgan fingerprint density at radius 2 is 1.58 bits per heavy atom. The molecule has 0 heterocycles. The Bertz CT molecular complexity index is 830. The molecule has 0 unspecified atom stereocenters. The van der Waals surface area contributed by atoms with E-state index in [1.54, 1.807) is 24.3 Å². The average molecular weight is 377 g/mol. The highest BCUT2D eigenvalue weighted by Gasteiger charge is 2.10. The van der Waals surface area contributed by atoms with E-state index in [0.717, 1.165) is 0 Å². The van der Waals surface area contributed by atoms with E-state index in [9.17, 15) is 9.59 Å². The minimum Gasteiger partial charge on any atom is -0.478 e. The first-order chi connectivity index (χ1) is 11.9. The number of halogens is 1. The van der Waals surface area contributed by atoms with Crippen molar-refractivity contribution in [2.45, 2.75) is 6.92 Å². The van der Waals surface area contributed by atoms with E-state index >= 15 is 0 Å². The quantitative estimate of drug-likeness (QED) is 0.234. The molecule has 26 heavy (non-hydrogen) atoms. The molecule has 2 rings (SSSR count). The van der Waals surface area contributed by atoms with Crippen LogP contribution >= 0.6 is 12.4 Å². The van der Waals surface area contributed by atoms with Gasteiger partial charge in [0.1, 0.15) is 5.84 Å². The maximum Gasteiger partial charge on any atom is 0.386 e. The van der Waals surface area contributed by atoms with Crippen molar-refractivity contribution in [1.82, 2.24) is 0 Å². The predicted octanol–water partition coefficient (Wildman–Crippen LogP) is 3.03. The molecule has 0 aromatic heterocycles. The molecular formula is C18H17ClN2O5. The Labute approximate surface area is 155 Å². The molecular weight excluding hydrogens is 360 g/mol. The zero-order chi connectivity index (χ0) is 18.4. The summed E-state index contributed by atoms with van der Waals surface area (Å²) in [5, 5.41) is 16.1. The Balaban J connectivity index is 0.00000338. The second-order valence-corrected chi connectivity index (χ2v) is 5.15. The van der Waals surface area contributed by atoms with Gasteiger partial charge in [-0.05, 0) is 55.0 Å². The normalized spacial score (nSPS) is 10.4. The third kappa shape index (κ3) is 5.64. The highest BCUT2D eigenvalue weighted by atomic mass is 35.5. The molecule has 0 saturated carbocycles. The lowest BCUT2D eigenvalue weighted by molar-refractivity contribution is -0.149. The first-order valence-corrected chi connectivity index (χ1v) is 7.22. The summed E-state index contributed by atoms with van der Waals surface area (Å²) in [4.78, 5) is 32.4. The SMILES string of the molecule is CC(=Cc1ccc(C(=O)OOc2ccc(C(=N)N)cc2)cc1)C(=O)O.Cl. The van der Waals surface area contributed by atoms with Gasteiger partial charge in [-0.2, -0.15) is 0 Å². The van der Waals surface area contributed by atoms with Crippen molar-refractivity contribution in [3.8, 4) is 5.75 Å². The number of hydrogen-bond acceptors (Lipinski definition) is 5. The first-order valence-electron chi connectivity index (χ1n) is 7.22. The predicted molar refractivity (Wildman–Crippen MR) is 98.5 cm³/mol. The maximum absolute atomic E-state index is 11.9.